The Bertz CT molecular complexity index is 903. The number of nitrogens with zero attached hydrogens (tertiary/aromatic N) is 1. The number of aliphatic hydroxyl groups excluding tert-OH is 8. The Hall–Kier alpha value is -1.64. The van der Waals surface area contributed by atoms with Gasteiger partial charge in [0, 0.05) is 17.1 Å². The van der Waals surface area contributed by atoms with Crippen LogP contribution in [0.15, 0.2) is 30.5 Å². The second-order valence-electron chi connectivity index (χ2n) is 8.02. The summed E-state index contributed by atoms with van der Waals surface area (Å²) >= 11 is 0. The Morgan fingerprint density at radius 2 is 1.65 bits per heavy atom. The Kier molecular flexibility index (Phi) is 6.34. The highest BCUT2D eigenvalue weighted by Crippen LogP contribution is 2.38. The summed E-state index contributed by atoms with van der Waals surface area (Å²) in [5, 5.41) is 81.6. The average molecular weight is 441 g/mol. The first-order valence-corrected chi connectivity index (χ1v) is 10.00. The van der Waals surface area contributed by atoms with Crippen LogP contribution in [0.2, 0.25) is 0 Å². The highest BCUT2D eigenvalue weighted by molar-refractivity contribution is 5.84. The molecule has 0 saturated carbocycles. The van der Waals surface area contributed by atoms with E-state index in [1.807, 2.05) is 0 Å². The molecule has 1 aromatic carbocycles. The summed E-state index contributed by atoms with van der Waals surface area (Å²) in [6, 6.07) is 6.80. The molecule has 10 atom stereocenters. The second-order valence-corrected chi connectivity index (χ2v) is 8.02. The molecule has 2 aliphatic rings. The summed E-state index contributed by atoms with van der Waals surface area (Å²) in [5.74, 6) is 0. The van der Waals surface area contributed by atoms with Crippen molar-refractivity contribution in [2.24, 2.45) is 0 Å². The van der Waals surface area contributed by atoms with Crippen molar-refractivity contribution >= 4 is 10.9 Å². The van der Waals surface area contributed by atoms with Crippen molar-refractivity contribution in [2.75, 3.05) is 13.2 Å². The van der Waals surface area contributed by atoms with Crippen molar-refractivity contribution in [1.82, 2.24) is 4.57 Å². The molecular weight excluding hydrogens is 414 g/mol. The Morgan fingerprint density at radius 3 is 2.35 bits per heavy atom. The van der Waals surface area contributed by atoms with Crippen molar-refractivity contribution in [3.05, 3.63) is 36.0 Å². The van der Waals surface area contributed by atoms with Gasteiger partial charge >= 0.3 is 0 Å². The first-order chi connectivity index (χ1) is 14.8. The molecular formula is C20H27NO10. The number of hydrogen-bond donors (Lipinski definition) is 8. The SMILES string of the molecule is OC[C@H]1O[C@@H](c2cn(C(O)[C@H]3OC[C@H](O)[C@@H](O)[C@@H]3O)c3ccccc23)[C@H](O)[C@@H](O)[C@@H]1O. The van der Waals surface area contributed by atoms with Gasteiger partial charge in [0.1, 0.15) is 54.9 Å². The lowest BCUT2D eigenvalue weighted by molar-refractivity contribution is -0.231. The van der Waals surface area contributed by atoms with E-state index in [2.05, 4.69) is 0 Å². The zero-order chi connectivity index (χ0) is 22.4. The van der Waals surface area contributed by atoms with E-state index in [9.17, 15) is 40.9 Å². The number of benzene rings is 1. The first kappa shape index (κ1) is 22.6. The maximum Gasteiger partial charge on any atom is 0.159 e. The van der Waals surface area contributed by atoms with E-state index in [4.69, 9.17) is 9.47 Å². The van der Waals surface area contributed by atoms with Gasteiger partial charge in [-0.2, -0.15) is 0 Å². The molecule has 172 valence electrons. The lowest BCUT2D eigenvalue weighted by atomic mass is 9.91. The molecule has 2 aliphatic heterocycles. The molecule has 0 aliphatic carbocycles. The summed E-state index contributed by atoms with van der Waals surface area (Å²) in [5.41, 5.74) is 0.857. The number of fused-ring (bicyclic) bond motifs is 1. The molecule has 11 heteroatoms. The van der Waals surface area contributed by atoms with Gasteiger partial charge in [-0.3, -0.25) is 0 Å². The van der Waals surface area contributed by atoms with E-state index in [1.165, 1.54) is 10.8 Å². The predicted molar refractivity (Wildman–Crippen MR) is 104 cm³/mol. The van der Waals surface area contributed by atoms with E-state index < -0.39 is 67.8 Å². The van der Waals surface area contributed by atoms with Crippen LogP contribution in [-0.4, -0.2) is 107 Å². The number of para-hydroxylation sites is 1. The van der Waals surface area contributed by atoms with Gasteiger partial charge in [0.15, 0.2) is 6.23 Å². The number of hydrogen-bond acceptors (Lipinski definition) is 10. The van der Waals surface area contributed by atoms with Crippen LogP contribution in [0.1, 0.15) is 17.9 Å². The molecule has 2 saturated heterocycles. The molecule has 0 amide bonds. The number of aliphatic hydroxyl groups is 8. The van der Waals surface area contributed by atoms with Crippen molar-refractivity contribution in [3.63, 3.8) is 0 Å². The van der Waals surface area contributed by atoms with Crippen LogP contribution < -0.4 is 0 Å². The quantitative estimate of drug-likeness (QED) is 0.245. The summed E-state index contributed by atoms with van der Waals surface area (Å²) in [4.78, 5) is 0. The number of aromatic nitrogens is 1. The fraction of sp³-hybridized carbons (Fsp3) is 0.600. The Labute approximate surface area is 176 Å². The van der Waals surface area contributed by atoms with Crippen LogP contribution >= 0.6 is 0 Å². The molecule has 0 spiro atoms. The molecule has 1 aromatic heterocycles. The van der Waals surface area contributed by atoms with E-state index in [0.29, 0.717) is 16.5 Å². The third kappa shape index (κ3) is 3.76. The summed E-state index contributed by atoms with van der Waals surface area (Å²) in [6.45, 7) is -0.857. The third-order valence-electron chi connectivity index (χ3n) is 6.09. The fourth-order valence-corrected chi connectivity index (χ4v) is 4.29. The minimum Gasteiger partial charge on any atom is -0.394 e. The van der Waals surface area contributed by atoms with Gasteiger partial charge in [0.05, 0.1) is 18.7 Å². The lowest BCUT2D eigenvalue weighted by Gasteiger charge is -2.40. The zero-order valence-corrected chi connectivity index (χ0v) is 16.4. The highest BCUT2D eigenvalue weighted by Gasteiger charge is 2.46. The van der Waals surface area contributed by atoms with Gasteiger partial charge in [-0.1, -0.05) is 18.2 Å². The molecule has 4 rings (SSSR count). The second kappa shape index (κ2) is 8.71. The summed E-state index contributed by atoms with van der Waals surface area (Å²) in [6.07, 6.45) is -12.4. The maximum absolute atomic E-state index is 10.9. The van der Waals surface area contributed by atoms with E-state index in [-0.39, 0.29) is 6.61 Å². The van der Waals surface area contributed by atoms with Gasteiger partial charge in [-0.15, -0.1) is 0 Å². The van der Waals surface area contributed by atoms with Crippen LogP contribution in [0.25, 0.3) is 10.9 Å². The van der Waals surface area contributed by atoms with Gasteiger partial charge in [0.25, 0.3) is 0 Å². The molecule has 0 radical (unpaired) electrons. The fourth-order valence-electron chi connectivity index (χ4n) is 4.29. The van der Waals surface area contributed by atoms with Crippen molar-refractivity contribution in [1.29, 1.82) is 0 Å². The normalized spacial score (nSPS) is 40.2. The molecule has 0 bridgehead atoms. The standard InChI is InChI=1S/C20H27NO10/c22-6-12-14(25)15(26)17(28)18(31-12)9-5-21(10-4-2-1-3-8(9)10)20(29)19-16(27)13(24)11(23)7-30-19/h1-5,11-20,22-29H,6-7H2/t11-,12+,13+,14+,15-,16-,17+,18-,19-,20?/m0/s1. The molecule has 31 heavy (non-hydrogen) atoms. The van der Waals surface area contributed by atoms with Crippen molar-refractivity contribution in [2.45, 2.75) is 61.2 Å². The first-order valence-electron chi connectivity index (χ1n) is 10.00. The molecule has 8 N–H and O–H groups in total. The Balaban J connectivity index is 1.73. The highest BCUT2D eigenvalue weighted by atomic mass is 16.5. The largest absolute Gasteiger partial charge is 0.394 e. The molecule has 2 aromatic rings. The van der Waals surface area contributed by atoms with Crippen LogP contribution in [0.4, 0.5) is 0 Å². The van der Waals surface area contributed by atoms with Gasteiger partial charge in [0.2, 0.25) is 0 Å². The van der Waals surface area contributed by atoms with Crippen LogP contribution in [0, 0.1) is 0 Å². The smallest absolute Gasteiger partial charge is 0.159 e. The maximum atomic E-state index is 10.9. The third-order valence-corrected chi connectivity index (χ3v) is 6.09. The van der Waals surface area contributed by atoms with Crippen LogP contribution in [0.3, 0.4) is 0 Å². The minimum absolute atomic E-state index is 0.279. The predicted octanol–water partition coefficient (Wildman–Crippen LogP) is -2.87. The van der Waals surface area contributed by atoms with Gasteiger partial charge in [-0.05, 0) is 6.07 Å². The Morgan fingerprint density at radius 1 is 0.935 bits per heavy atom. The summed E-state index contributed by atoms with van der Waals surface area (Å²) < 4.78 is 12.4. The molecule has 2 fully saturated rings. The van der Waals surface area contributed by atoms with E-state index in [0.717, 1.165) is 0 Å². The van der Waals surface area contributed by atoms with Crippen molar-refractivity contribution < 1.29 is 50.3 Å². The number of ether oxygens (including phenoxy) is 2. The van der Waals surface area contributed by atoms with Crippen LogP contribution in [0.5, 0.6) is 0 Å². The van der Waals surface area contributed by atoms with Gasteiger partial charge in [-0.25, -0.2) is 0 Å². The molecule has 11 nitrogen and oxygen atoms in total. The number of rotatable bonds is 4. The zero-order valence-electron chi connectivity index (χ0n) is 16.4. The topological polar surface area (TPSA) is 185 Å². The lowest BCUT2D eigenvalue weighted by Crippen LogP contribution is -2.55. The van der Waals surface area contributed by atoms with Gasteiger partial charge < -0.3 is 54.9 Å². The summed E-state index contributed by atoms with van der Waals surface area (Å²) in [7, 11) is 0. The van der Waals surface area contributed by atoms with Crippen molar-refractivity contribution in [3.8, 4) is 0 Å². The van der Waals surface area contributed by atoms with Crippen LogP contribution in [-0.2, 0) is 9.47 Å². The average Bonchev–Trinajstić information content (AvgIpc) is 3.15. The molecule has 1 unspecified atom stereocenters. The molecule has 3 heterocycles. The van der Waals surface area contributed by atoms with E-state index >= 15 is 0 Å². The monoisotopic (exact) mass is 441 g/mol. The van der Waals surface area contributed by atoms with E-state index in [1.54, 1.807) is 24.3 Å². The minimum atomic E-state index is -1.57.